The first-order valence-corrected chi connectivity index (χ1v) is 6.68. The summed E-state index contributed by atoms with van der Waals surface area (Å²) in [4.78, 5) is 10.9. The number of thioether (sulfide) groups is 1. The van der Waals surface area contributed by atoms with Crippen LogP contribution in [0.15, 0.2) is 0 Å². The Morgan fingerprint density at radius 3 is 2.53 bits per heavy atom. The Kier molecular flexibility index (Phi) is 7.02. The van der Waals surface area contributed by atoms with Crippen molar-refractivity contribution in [2.45, 2.75) is 45.6 Å². The minimum absolute atomic E-state index is 0.497. The zero-order valence-electron chi connectivity index (χ0n) is 9.95. The van der Waals surface area contributed by atoms with Gasteiger partial charge in [-0.2, -0.15) is 11.8 Å². The first kappa shape index (κ1) is 14.8. The summed E-state index contributed by atoms with van der Waals surface area (Å²) < 4.78 is 0. The van der Waals surface area contributed by atoms with Crippen LogP contribution in [-0.2, 0) is 4.79 Å². The smallest absolute Gasteiger partial charge is 0.323 e. The van der Waals surface area contributed by atoms with Crippen molar-refractivity contribution in [3.63, 3.8) is 0 Å². The highest BCUT2D eigenvalue weighted by molar-refractivity contribution is 7.99. The van der Waals surface area contributed by atoms with Gasteiger partial charge in [-0.1, -0.05) is 20.8 Å². The average Bonchev–Trinajstić information content (AvgIpc) is 2.16. The Bertz CT molecular complexity index is 197. The van der Waals surface area contributed by atoms with Gasteiger partial charge in [0.15, 0.2) is 0 Å². The van der Waals surface area contributed by atoms with Crippen molar-refractivity contribution >= 4 is 17.7 Å². The Morgan fingerprint density at radius 2 is 2.13 bits per heavy atom. The highest BCUT2D eigenvalue weighted by Gasteiger charge is 2.30. The Labute approximate surface area is 96.8 Å². The van der Waals surface area contributed by atoms with E-state index in [2.05, 4.69) is 13.8 Å². The van der Waals surface area contributed by atoms with Crippen LogP contribution >= 0.6 is 11.8 Å². The van der Waals surface area contributed by atoms with Crippen LogP contribution in [0.3, 0.4) is 0 Å². The number of carboxylic acid groups (broad SMARTS) is 1. The molecular formula is C11H23NO2S. The van der Waals surface area contributed by atoms with Gasteiger partial charge in [0, 0.05) is 0 Å². The molecule has 1 atom stereocenters. The van der Waals surface area contributed by atoms with Crippen LogP contribution in [0.4, 0.5) is 0 Å². The van der Waals surface area contributed by atoms with Gasteiger partial charge in [0.2, 0.25) is 0 Å². The van der Waals surface area contributed by atoms with E-state index in [0.29, 0.717) is 18.8 Å². The van der Waals surface area contributed by atoms with E-state index in [1.165, 1.54) is 0 Å². The molecule has 0 amide bonds. The lowest BCUT2D eigenvalue weighted by molar-refractivity contribution is -0.143. The zero-order valence-corrected chi connectivity index (χ0v) is 10.8. The molecule has 0 aromatic heterocycles. The van der Waals surface area contributed by atoms with Crippen molar-refractivity contribution in [3.05, 3.63) is 0 Å². The maximum absolute atomic E-state index is 10.9. The van der Waals surface area contributed by atoms with Crippen LogP contribution in [-0.4, -0.2) is 28.1 Å². The van der Waals surface area contributed by atoms with E-state index in [9.17, 15) is 4.79 Å². The van der Waals surface area contributed by atoms with E-state index >= 15 is 0 Å². The largest absolute Gasteiger partial charge is 0.480 e. The fourth-order valence-electron chi connectivity index (χ4n) is 1.24. The molecule has 0 saturated carbocycles. The summed E-state index contributed by atoms with van der Waals surface area (Å²) in [5.41, 5.74) is 4.76. The minimum Gasteiger partial charge on any atom is -0.480 e. The summed E-state index contributed by atoms with van der Waals surface area (Å²) in [6.07, 6.45) is 1.95. The van der Waals surface area contributed by atoms with Crippen LogP contribution in [0, 0.1) is 5.92 Å². The number of carbonyl (C=O) groups is 1. The maximum Gasteiger partial charge on any atom is 0.323 e. The molecular weight excluding hydrogens is 210 g/mol. The van der Waals surface area contributed by atoms with Crippen LogP contribution < -0.4 is 5.73 Å². The average molecular weight is 233 g/mol. The molecule has 0 fully saturated rings. The molecule has 0 heterocycles. The predicted octanol–water partition coefficient (Wildman–Crippen LogP) is 2.35. The van der Waals surface area contributed by atoms with Gasteiger partial charge in [0.25, 0.3) is 0 Å². The monoisotopic (exact) mass is 233 g/mol. The number of hydrogen-bond donors (Lipinski definition) is 2. The fraction of sp³-hybridized carbons (Fsp3) is 0.909. The standard InChI is InChI=1S/C11H23NO2S/c1-4-11(12,10(13)14)6-5-7-15-8-9(2)3/h9H,4-8,12H2,1-3H3,(H,13,14). The lowest BCUT2D eigenvalue weighted by Crippen LogP contribution is -2.47. The van der Waals surface area contributed by atoms with Gasteiger partial charge in [0.1, 0.15) is 5.54 Å². The molecule has 4 heteroatoms. The molecule has 0 aliphatic rings. The Hall–Kier alpha value is -0.220. The zero-order chi connectivity index (χ0) is 11.9. The van der Waals surface area contributed by atoms with Crippen molar-refractivity contribution in [1.82, 2.24) is 0 Å². The number of carboxylic acids is 1. The van der Waals surface area contributed by atoms with Gasteiger partial charge in [-0.15, -0.1) is 0 Å². The van der Waals surface area contributed by atoms with Crippen molar-refractivity contribution in [2.24, 2.45) is 11.7 Å². The Morgan fingerprint density at radius 1 is 1.53 bits per heavy atom. The molecule has 0 bridgehead atoms. The van der Waals surface area contributed by atoms with Gasteiger partial charge in [-0.3, -0.25) is 4.79 Å². The van der Waals surface area contributed by atoms with E-state index < -0.39 is 11.5 Å². The molecule has 3 nitrogen and oxygen atoms in total. The van der Waals surface area contributed by atoms with Crippen LogP contribution in [0.2, 0.25) is 0 Å². The maximum atomic E-state index is 10.9. The second-order valence-corrected chi connectivity index (χ2v) is 5.54. The van der Waals surface area contributed by atoms with E-state index in [4.69, 9.17) is 10.8 Å². The van der Waals surface area contributed by atoms with Gasteiger partial charge in [-0.05, 0) is 36.7 Å². The molecule has 1 unspecified atom stereocenters. The van der Waals surface area contributed by atoms with Crippen molar-refractivity contribution in [2.75, 3.05) is 11.5 Å². The number of aliphatic carboxylic acids is 1. The highest BCUT2D eigenvalue weighted by Crippen LogP contribution is 2.17. The third kappa shape index (κ3) is 6.05. The topological polar surface area (TPSA) is 63.3 Å². The molecule has 0 radical (unpaired) electrons. The molecule has 0 rings (SSSR count). The highest BCUT2D eigenvalue weighted by atomic mass is 32.2. The van der Waals surface area contributed by atoms with E-state index in [1.54, 1.807) is 0 Å². The van der Waals surface area contributed by atoms with Gasteiger partial charge >= 0.3 is 5.97 Å². The van der Waals surface area contributed by atoms with E-state index in [0.717, 1.165) is 17.9 Å². The number of hydrogen-bond acceptors (Lipinski definition) is 3. The normalized spacial score (nSPS) is 15.3. The summed E-state index contributed by atoms with van der Waals surface area (Å²) in [6.45, 7) is 6.20. The lowest BCUT2D eigenvalue weighted by Gasteiger charge is -2.22. The molecule has 0 aliphatic carbocycles. The summed E-state index contributed by atoms with van der Waals surface area (Å²) in [5.74, 6) is 1.96. The van der Waals surface area contributed by atoms with Gasteiger partial charge < -0.3 is 10.8 Å². The first-order chi connectivity index (χ1) is 6.92. The van der Waals surface area contributed by atoms with Crippen LogP contribution in [0.25, 0.3) is 0 Å². The van der Waals surface area contributed by atoms with Crippen molar-refractivity contribution < 1.29 is 9.90 Å². The second kappa shape index (κ2) is 7.12. The summed E-state index contributed by atoms with van der Waals surface area (Å²) >= 11 is 1.88. The van der Waals surface area contributed by atoms with Gasteiger partial charge in [0.05, 0.1) is 0 Å². The quantitative estimate of drug-likeness (QED) is 0.632. The SMILES string of the molecule is CCC(N)(CCCSCC(C)C)C(=O)O. The lowest BCUT2D eigenvalue weighted by atomic mass is 9.92. The molecule has 0 saturated heterocycles. The fourth-order valence-corrected chi connectivity index (χ4v) is 2.23. The summed E-state index contributed by atoms with van der Waals surface area (Å²) in [7, 11) is 0. The molecule has 0 aromatic carbocycles. The molecule has 90 valence electrons. The first-order valence-electron chi connectivity index (χ1n) is 5.52. The second-order valence-electron chi connectivity index (χ2n) is 4.39. The molecule has 0 spiro atoms. The van der Waals surface area contributed by atoms with Crippen LogP contribution in [0.1, 0.15) is 40.0 Å². The minimum atomic E-state index is -1.02. The molecule has 3 N–H and O–H groups in total. The van der Waals surface area contributed by atoms with Crippen molar-refractivity contribution in [3.8, 4) is 0 Å². The van der Waals surface area contributed by atoms with Crippen molar-refractivity contribution in [1.29, 1.82) is 0 Å². The van der Waals surface area contributed by atoms with Crippen LogP contribution in [0.5, 0.6) is 0 Å². The van der Waals surface area contributed by atoms with E-state index in [-0.39, 0.29) is 0 Å². The third-order valence-corrected chi connectivity index (χ3v) is 3.90. The number of nitrogens with two attached hydrogens (primary N) is 1. The molecule has 0 aromatic rings. The molecule has 0 aliphatic heterocycles. The van der Waals surface area contributed by atoms with Gasteiger partial charge in [-0.25, -0.2) is 0 Å². The van der Waals surface area contributed by atoms with E-state index in [1.807, 2.05) is 18.7 Å². The third-order valence-electron chi connectivity index (χ3n) is 2.42. The Balaban J connectivity index is 3.69. The molecule has 15 heavy (non-hydrogen) atoms. The predicted molar refractivity (Wildman–Crippen MR) is 66.2 cm³/mol. The number of rotatable bonds is 8. The summed E-state index contributed by atoms with van der Waals surface area (Å²) in [6, 6.07) is 0. The summed E-state index contributed by atoms with van der Waals surface area (Å²) in [5, 5.41) is 8.95.